The van der Waals surface area contributed by atoms with Gasteiger partial charge in [0.1, 0.15) is 0 Å². The van der Waals surface area contributed by atoms with Crippen LogP contribution in [0.2, 0.25) is 0 Å². The van der Waals surface area contributed by atoms with Crippen LogP contribution in [0.3, 0.4) is 0 Å². The van der Waals surface area contributed by atoms with Crippen molar-refractivity contribution < 1.29 is 19.5 Å². The molecule has 6 nitrogen and oxygen atoms in total. The van der Waals surface area contributed by atoms with E-state index >= 15 is 0 Å². The van der Waals surface area contributed by atoms with E-state index in [4.69, 9.17) is 4.52 Å². The van der Waals surface area contributed by atoms with Crippen LogP contribution in [0.25, 0.3) is 0 Å². The summed E-state index contributed by atoms with van der Waals surface area (Å²) in [6.45, 7) is 2.79. The van der Waals surface area contributed by atoms with E-state index in [0.29, 0.717) is 12.0 Å². The fourth-order valence-electron chi connectivity index (χ4n) is 1.25. The van der Waals surface area contributed by atoms with E-state index in [2.05, 4.69) is 10.5 Å². The van der Waals surface area contributed by atoms with Gasteiger partial charge in [-0.15, -0.1) is 0 Å². The Hall–Kier alpha value is -1.40. The molecule has 3 N–H and O–H groups in total. The average Bonchev–Trinajstić information content (AvgIpc) is 2.72. The van der Waals surface area contributed by atoms with Gasteiger partial charge in [0.15, 0.2) is 0 Å². The summed E-state index contributed by atoms with van der Waals surface area (Å²) in [5.41, 5.74) is -0.408. The standard InChI is InChI=1S/C10H16N2O4/c1-3-10(5-13,6-14)12-9(15)8-7(2)4-11-16-8/h4,13-14H,3,5-6H2,1-2H3,(H,12,15). The summed E-state index contributed by atoms with van der Waals surface area (Å²) in [6, 6.07) is 0. The number of aromatic nitrogens is 1. The molecular weight excluding hydrogens is 212 g/mol. The van der Waals surface area contributed by atoms with Crippen molar-refractivity contribution in [3.05, 3.63) is 17.5 Å². The number of amides is 1. The van der Waals surface area contributed by atoms with Gasteiger partial charge in [0, 0.05) is 5.56 Å². The molecule has 0 unspecified atom stereocenters. The fraction of sp³-hybridized carbons (Fsp3) is 0.600. The van der Waals surface area contributed by atoms with Crippen molar-refractivity contribution in [2.45, 2.75) is 25.8 Å². The second-order valence-electron chi connectivity index (χ2n) is 3.74. The molecule has 0 aliphatic rings. The summed E-state index contributed by atoms with van der Waals surface area (Å²) in [5, 5.41) is 24.4. The number of hydrogen-bond acceptors (Lipinski definition) is 5. The summed E-state index contributed by atoms with van der Waals surface area (Å²) in [7, 11) is 0. The third-order valence-corrected chi connectivity index (χ3v) is 2.62. The number of aryl methyl sites for hydroxylation is 1. The quantitative estimate of drug-likeness (QED) is 0.651. The number of hydrogen-bond donors (Lipinski definition) is 3. The van der Waals surface area contributed by atoms with Gasteiger partial charge in [-0.3, -0.25) is 4.79 Å². The van der Waals surface area contributed by atoms with E-state index in [-0.39, 0.29) is 19.0 Å². The SMILES string of the molecule is CCC(CO)(CO)NC(=O)c1oncc1C. The lowest BCUT2D eigenvalue weighted by molar-refractivity contribution is 0.0625. The van der Waals surface area contributed by atoms with Crippen LogP contribution in [0.5, 0.6) is 0 Å². The molecule has 0 saturated carbocycles. The van der Waals surface area contributed by atoms with Crippen molar-refractivity contribution in [3.8, 4) is 0 Å². The Kier molecular flexibility index (Phi) is 4.03. The lowest BCUT2D eigenvalue weighted by Gasteiger charge is -2.29. The lowest BCUT2D eigenvalue weighted by atomic mass is 9.98. The zero-order chi connectivity index (χ0) is 12.2. The summed E-state index contributed by atoms with van der Waals surface area (Å²) < 4.78 is 4.78. The molecule has 6 heteroatoms. The van der Waals surface area contributed by atoms with Crippen LogP contribution in [-0.4, -0.2) is 40.0 Å². The van der Waals surface area contributed by atoms with Crippen molar-refractivity contribution >= 4 is 5.91 Å². The Morgan fingerprint density at radius 1 is 1.56 bits per heavy atom. The summed E-state index contributed by atoms with van der Waals surface area (Å²) in [5.74, 6) is -0.389. The Bertz CT molecular complexity index is 349. The number of nitrogens with one attached hydrogen (secondary N) is 1. The number of carbonyl (C=O) groups is 1. The largest absolute Gasteiger partial charge is 0.394 e. The van der Waals surface area contributed by atoms with E-state index in [1.165, 1.54) is 6.20 Å². The lowest BCUT2D eigenvalue weighted by Crippen LogP contribution is -2.53. The number of aliphatic hydroxyl groups is 2. The van der Waals surface area contributed by atoms with E-state index in [1.54, 1.807) is 13.8 Å². The first-order valence-electron chi connectivity index (χ1n) is 5.04. The highest BCUT2D eigenvalue weighted by molar-refractivity contribution is 5.93. The van der Waals surface area contributed by atoms with Crippen LogP contribution < -0.4 is 5.32 Å². The molecule has 0 aliphatic carbocycles. The molecule has 0 radical (unpaired) electrons. The van der Waals surface area contributed by atoms with Gasteiger partial charge in [-0.1, -0.05) is 12.1 Å². The van der Waals surface area contributed by atoms with Gasteiger partial charge in [-0.25, -0.2) is 0 Å². The molecule has 1 aromatic heterocycles. The second kappa shape index (κ2) is 5.09. The minimum absolute atomic E-state index is 0.0970. The molecule has 90 valence electrons. The van der Waals surface area contributed by atoms with Gasteiger partial charge in [0.25, 0.3) is 5.91 Å². The van der Waals surface area contributed by atoms with Crippen molar-refractivity contribution in [2.75, 3.05) is 13.2 Å². The number of nitrogens with zero attached hydrogens (tertiary/aromatic N) is 1. The monoisotopic (exact) mass is 228 g/mol. The first-order valence-corrected chi connectivity index (χ1v) is 5.04. The Morgan fingerprint density at radius 2 is 2.19 bits per heavy atom. The van der Waals surface area contributed by atoms with E-state index < -0.39 is 11.4 Å². The first kappa shape index (κ1) is 12.7. The number of rotatable bonds is 5. The third kappa shape index (κ3) is 2.40. The molecule has 0 saturated heterocycles. The van der Waals surface area contributed by atoms with Crippen LogP contribution in [0, 0.1) is 6.92 Å². The topological polar surface area (TPSA) is 95.6 Å². The highest BCUT2D eigenvalue weighted by Gasteiger charge is 2.30. The highest BCUT2D eigenvalue weighted by atomic mass is 16.5. The molecule has 0 aromatic carbocycles. The van der Waals surface area contributed by atoms with Crippen molar-refractivity contribution in [2.24, 2.45) is 0 Å². The van der Waals surface area contributed by atoms with Crippen LogP contribution in [0.15, 0.2) is 10.7 Å². The number of aliphatic hydroxyl groups excluding tert-OH is 2. The maximum absolute atomic E-state index is 11.8. The molecule has 1 heterocycles. The Morgan fingerprint density at radius 3 is 2.56 bits per heavy atom. The van der Waals surface area contributed by atoms with Gasteiger partial charge in [0.05, 0.1) is 24.9 Å². The van der Waals surface area contributed by atoms with Crippen LogP contribution in [0.1, 0.15) is 29.5 Å². The Balaban J connectivity index is 2.81. The zero-order valence-corrected chi connectivity index (χ0v) is 9.36. The third-order valence-electron chi connectivity index (χ3n) is 2.62. The van der Waals surface area contributed by atoms with Gasteiger partial charge in [-0.2, -0.15) is 0 Å². The van der Waals surface area contributed by atoms with Crippen LogP contribution in [0.4, 0.5) is 0 Å². The maximum atomic E-state index is 11.8. The summed E-state index contributed by atoms with van der Waals surface area (Å²) in [6.07, 6.45) is 1.85. The molecule has 0 fully saturated rings. The molecule has 0 atom stereocenters. The van der Waals surface area contributed by atoms with Gasteiger partial charge in [-0.05, 0) is 13.3 Å². The minimum Gasteiger partial charge on any atom is -0.394 e. The average molecular weight is 228 g/mol. The summed E-state index contributed by atoms with van der Waals surface area (Å²) >= 11 is 0. The predicted molar refractivity (Wildman–Crippen MR) is 55.9 cm³/mol. The fourth-order valence-corrected chi connectivity index (χ4v) is 1.25. The number of carbonyl (C=O) groups excluding carboxylic acids is 1. The molecule has 16 heavy (non-hydrogen) atoms. The first-order chi connectivity index (χ1) is 7.58. The van der Waals surface area contributed by atoms with Crippen molar-refractivity contribution in [3.63, 3.8) is 0 Å². The molecule has 1 aromatic rings. The molecule has 1 amide bonds. The van der Waals surface area contributed by atoms with E-state index in [0.717, 1.165) is 0 Å². The van der Waals surface area contributed by atoms with Crippen molar-refractivity contribution in [1.29, 1.82) is 0 Å². The van der Waals surface area contributed by atoms with Crippen LogP contribution >= 0.6 is 0 Å². The van der Waals surface area contributed by atoms with E-state index in [1.807, 2.05) is 0 Å². The summed E-state index contributed by atoms with van der Waals surface area (Å²) in [4.78, 5) is 11.8. The highest BCUT2D eigenvalue weighted by Crippen LogP contribution is 2.12. The van der Waals surface area contributed by atoms with Crippen molar-refractivity contribution in [1.82, 2.24) is 10.5 Å². The minimum atomic E-state index is -1.02. The van der Waals surface area contributed by atoms with Gasteiger partial charge >= 0.3 is 0 Å². The van der Waals surface area contributed by atoms with Crippen LogP contribution in [-0.2, 0) is 0 Å². The second-order valence-corrected chi connectivity index (χ2v) is 3.74. The molecule has 0 spiro atoms. The smallest absolute Gasteiger partial charge is 0.290 e. The maximum Gasteiger partial charge on any atom is 0.290 e. The van der Waals surface area contributed by atoms with Gasteiger partial charge in [0.2, 0.25) is 5.76 Å². The predicted octanol–water partition coefficient (Wildman–Crippen LogP) is -0.154. The molecule has 1 rings (SSSR count). The molecule has 0 bridgehead atoms. The zero-order valence-electron chi connectivity index (χ0n) is 9.36. The van der Waals surface area contributed by atoms with Gasteiger partial charge < -0.3 is 20.1 Å². The van der Waals surface area contributed by atoms with E-state index in [9.17, 15) is 15.0 Å². The molecular formula is C10H16N2O4. The molecule has 0 aliphatic heterocycles. The Labute approximate surface area is 93.3 Å². The normalized spacial score (nSPS) is 11.5.